The van der Waals surface area contributed by atoms with Crippen LogP contribution in [0, 0.1) is 13.8 Å². The molecule has 1 unspecified atom stereocenters. The number of thiazole rings is 1. The molecule has 0 aliphatic carbocycles. The summed E-state index contributed by atoms with van der Waals surface area (Å²) in [6.45, 7) is 4.91. The first-order valence-corrected chi connectivity index (χ1v) is 7.60. The van der Waals surface area contributed by atoms with E-state index < -0.39 is 0 Å². The first-order chi connectivity index (χ1) is 8.54. The smallest absolute Gasteiger partial charge is 0.230 e. The van der Waals surface area contributed by atoms with Crippen LogP contribution in [-0.4, -0.2) is 22.3 Å². The number of hydrogen-bond donors (Lipinski definition) is 0. The third kappa shape index (κ3) is 1.95. The van der Waals surface area contributed by atoms with E-state index in [-0.39, 0.29) is 10.7 Å². The second-order valence-electron chi connectivity index (χ2n) is 4.71. The minimum atomic E-state index is 0.157. The normalized spacial score (nSPS) is 20.1. The number of carbonyl (C=O) groups excluding carboxylic acids is 1. The number of hydrogen-bond acceptors (Lipinski definition) is 3. The van der Waals surface area contributed by atoms with Crippen LogP contribution in [0.15, 0.2) is 12.1 Å². The number of nitrogens with zero attached hydrogens (tertiary/aromatic N) is 2. The standard InChI is InChI=1S/C13H13BrN2OS/c1-7-3-10-11(4-8(7)2)18-13(15-10)16-6-9(14)5-12(16)17/h3-4,9H,5-6H2,1-2H3. The maximum atomic E-state index is 11.9. The predicted octanol–water partition coefficient (Wildman–Crippen LogP) is 3.41. The molecule has 1 saturated heterocycles. The van der Waals surface area contributed by atoms with Crippen molar-refractivity contribution in [2.75, 3.05) is 11.4 Å². The average Bonchev–Trinajstić information content (AvgIpc) is 2.82. The first-order valence-electron chi connectivity index (χ1n) is 5.87. The number of amides is 1. The molecule has 1 aromatic carbocycles. The number of halogens is 1. The number of aryl methyl sites for hydroxylation is 2. The quantitative estimate of drug-likeness (QED) is 0.753. The number of aromatic nitrogens is 1. The molecule has 2 heterocycles. The van der Waals surface area contributed by atoms with Gasteiger partial charge in [-0.05, 0) is 37.1 Å². The highest BCUT2D eigenvalue weighted by molar-refractivity contribution is 9.09. The van der Waals surface area contributed by atoms with E-state index in [1.165, 1.54) is 11.1 Å². The maximum Gasteiger partial charge on any atom is 0.230 e. The van der Waals surface area contributed by atoms with Crippen molar-refractivity contribution < 1.29 is 4.79 Å². The third-order valence-corrected chi connectivity index (χ3v) is 4.96. The van der Waals surface area contributed by atoms with Gasteiger partial charge in [0.25, 0.3) is 0 Å². The van der Waals surface area contributed by atoms with E-state index in [1.807, 2.05) is 0 Å². The molecule has 1 atom stereocenters. The Morgan fingerprint density at radius 3 is 2.78 bits per heavy atom. The number of benzene rings is 1. The van der Waals surface area contributed by atoms with Crippen molar-refractivity contribution in [2.45, 2.75) is 25.1 Å². The molecule has 0 saturated carbocycles. The lowest BCUT2D eigenvalue weighted by molar-refractivity contribution is -0.117. The van der Waals surface area contributed by atoms with Gasteiger partial charge in [0.1, 0.15) is 0 Å². The Morgan fingerprint density at radius 2 is 2.11 bits per heavy atom. The van der Waals surface area contributed by atoms with Crippen molar-refractivity contribution in [3.8, 4) is 0 Å². The van der Waals surface area contributed by atoms with Gasteiger partial charge in [-0.3, -0.25) is 9.69 Å². The third-order valence-electron chi connectivity index (χ3n) is 3.30. The number of alkyl halides is 1. The molecule has 1 amide bonds. The van der Waals surface area contributed by atoms with Gasteiger partial charge in [0.15, 0.2) is 5.13 Å². The molecule has 1 aliphatic rings. The van der Waals surface area contributed by atoms with E-state index in [1.54, 1.807) is 16.2 Å². The summed E-state index contributed by atoms with van der Waals surface area (Å²) < 4.78 is 1.15. The Bertz CT molecular complexity index is 598. The van der Waals surface area contributed by atoms with Gasteiger partial charge in [-0.15, -0.1) is 0 Å². The topological polar surface area (TPSA) is 33.2 Å². The molecule has 0 bridgehead atoms. The molecule has 94 valence electrons. The number of anilines is 1. The molecule has 1 aromatic heterocycles. The average molecular weight is 325 g/mol. The molecule has 0 radical (unpaired) electrons. The predicted molar refractivity (Wildman–Crippen MR) is 78.8 cm³/mol. The Hall–Kier alpha value is -0.940. The fourth-order valence-electron chi connectivity index (χ4n) is 2.13. The molecule has 3 rings (SSSR count). The summed E-state index contributed by atoms with van der Waals surface area (Å²) in [4.78, 5) is 18.5. The van der Waals surface area contributed by atoms with Crippen molar-refractivity contribution >= 4 is 48.5 Å². The van der Waals surface area contributed by atoms with Gasteiger partial charge in [0.2, 0.25) is 5.91 Å². The summed E-state index contributed by atoms with van der Waals surface area (Å²) >= 11 is 5.09. The van der Waals surface area contributed by atoms with E-state index >= 15 is 0 Å². The Kier molecular flexibility index (Phi) is 2.90. The van der Waals surface area contributed by atoms with Gasteiger partial charge in [0.05, 0.1) is 10.2 Å². The van der Waals surface area contributed by atoms with Crippen molar-refractivity contribution in [3.63, 3.8) is 0 Å². The zero-order valence-corrected chi connectivity index (χ0v) is 12.6. The lowest BCUT2D eigenvalue weighted by atomic mass is 10.1. The number of rotatable bonds is 1. The van der Waals surface area contributed by atoms with Crippen molar-refractivity contribution in [3.05, 3.63) is 23.3 Å². The van der Waals surface area contributed by atoms with Gasteiger partial charge >= 0.3 is 0 Å². The Labute approximate surface area is 118 Å². The van der Waals surface area contributed by atoms with Gasteiger partial charge in [-0.2, -0.15) is 0 Å². The number of fused-ring (bicyclic) bond motifs is 1. The summed E-state index contributed by atoms with van der Waals surface area (Å²) in [7, 11) is 0. The van der Waals surface area contributed by atoms with Gasteiger partial charge < -0.3 is 0 Å². The van der Waals surface area contributed by atoms with E-state index in [4.69, 9.17) is 0 Å². The zero-order chi connectivity index (χ0) is 12.9. The van der Waals surface area contributed by atoms with Crippen LogP contribution in [0.25, 0.3) is 10.2 Å². The molecule has 5 heteroatoms. The van der Waals surface area contributed by atoms with Crippen LogP contribution in [0.1, 0.15) is 17.5 Å². The minimum absolute atomic E-state index is 0.157. The fraction of sp³-hybridized carbons (Fsp3) is 0.385. The Morgan fingerprint density at radius 1 is 1.39 bits per heavy atom. The van der Waals surface area contributed by atoms with E-state index in [0.717, 1.165) is 21.9 Å². The fourth-order valence-corrected chi connectivity index (χ4v) is 3.77. The monoisotopic (exact) mass is 324 g/mol. The summed E-state index contributed by atoms with van der Waals surface area (Å²) in [5.41, 5.74) is 3.50. The van der Waals surface area contributed by atoms with E-state index in [2.05, 4.69) is 46.9 Å². The SMILES string of the molecule is Cc1cc2nc(N3CC(Br)CC3=O)sc2cc1C. The lowest BCUT2D eigenvalue weighted by Gasteiger charge is -2.10. The molecule has 18 heavy (non-hydrogen) atoms. The van der Waals surface area contributed by atoms with Crippen molar-refractivity contribution in [1.29, 1.82) is 0 Å². The Balaban J connectivity index is 2.06. The first kappa shape index (κ1) is 12.1. The molecule has 3 nitrogen and oxygen atoms in total. The molecular formula is C13H13BrN2OS. The minimum Gasteiger partial charge on any atom is -0.287 e. The maximum absolute atomic E-state index is 11.9. The second-order valence-corrected chi connectivity index (χ2v) is 7.01. The van der Waals surface area contributed by atoms with Crippen LogP contribution in [-0.2, 0) is 4.79 Å². The van der Waals surface area contributed by atoms with Gasteiger partial charge in [0, 0.05) is 17.8 Å². The zero-order valence-electron chi connectivity index (χ0n) is 10.2. The van der Waals surface area contributed by atoms with Crippen LogP contribution < -0.4 is 4.90 Å². The molecule has 1 fully saturated rings. The second kappa shape index (κ2) is 4.31. The number of carbonyl (C=O) groups is 1. The summed E-state index contributed by atoms with van der Waals surface area (Å²) in [5.74, 6) is 0.157. The summed E-state index contributed by atoms with van der Waals surface area (Å²) in [5, 5.41) is 0.821. The van der Waals surface area contributed by atoms with E-state index in [9.17, 15) is 4.79 Å². The summed E-state index contributed by atoms with van der Waals surface area (Å²) in [6, 6.07) is 4.24. The molecule has 1 aliphatic heterocycles. The van der Waals surface area contributed by atoms with Crippen molar-refractivity contribution in [2.24, 2.45) is 0 Å². The highest BCUT2D eigenvalue weighted by Crippen LogP contribution is 2.33. The van der Waals surface area contributed by atoms with Gasteiger partial charge in [-0.25, -0.2) is 4.98 Å². The van der Waals surface area contributed by atoms with Crippen LogP contribution in [0.2, 0.25) is 0 Å². The molecular weight excluding hydrogens is 312 g/mol. The van der Waals surface area contributed by atoms with E-state index in [0.29, 0.717) is 6.42 Å². The summed E-state index contributed by atoms with van der Waals surface area (Å²) in [6.07, 6.45) is 0.563. The highest BCUT2D eigenvalue weighted by atomic mass is 79.9. The van der Waals surface area contributed by atoms with Crippen molar-refractivity contribution in [1.82, 2.24) is 4.98 Å². The van der Waals surface area contributed by atoms with Crippen LogP contribution >= 0.6 is 27.3 Å². The van der Waals surface area contributed by atoms with Crippen LogP contribution in [0.4, 0.5) is 5.13 Å². The molecule has 0 N–H and O–H groups in total. The molecule has 0 spiro atoms. The van der Waals surface area contributed by atoms with Crippen LogP contribution in [0.3, 0.4) is 0 Å². The van der Waals surface area contributed by atoms with Gasteiger partial charge in [-0.1, -0.05) is 27.3 Å². The largest absolute Gasteiger partial charge is 0.287 e. The lowest BCUT2D eigenvalue weighted by Crippen LogP contribution is -2.24. The molecule has 2 aromatic rings. The van der Waals surface area contributed by atoms with Crippen LogP contribution in [0.5, 0.6) is 0 Å². The highest BCUT2D eigenvalue weighted by Gasteiger charge is 2.30.